The monoisotopic (exact) mass is 405 g/mol. The predicted molar refractivity (Wildman–Crippen MR) is 108 cm³/mol. The normalized spacial score (nSPS) is 16.9. The van der Waals surface area contributed by atoms with Crippen LogP contribution in [0, 0.1) is 6.92 Å². The predicted octanol–water partition coefficient (Wildman–Crippen LogP) is 3.22. The maximum atomic E-state index is 13.2. The highest BCUT2D eigenvalue weighted by Gasteiger charge is 2.32. The first kappa shape index (κ1) is 20.5. The zero-order valence-electron chi connectivity index (χ0n) is 16.7. The fraction of sp³-hybridized carbons (Fsp3) is 0.500. The Morgan fingerprint density at radius 3 is 2.57 bits per heavy atom. The van der Waals surface area contributed by atoms with E-state index in [0.29, 0.717) is 31.4 Å². The van der Waals surface area contributed by atoms with Crippen LogP contribution in [0.4, 0.5) is 4.79 Å². The number of ether oxygens (including phenoxy) is 1. The minimum Gasteiger partial charge on any atom is -0.444 e. The molecule has 0 atom stereocenters. The van der Waals surface area contributed by atoms with Gasteiger partial charge in [-0.15, -0.1) is 0 Å². The van der Waals surface area contributed by atoms with Crippen molar-refractivity contribution >= 4 is 27.0 Å². The van der Waals surface area contributed by atoms with Crippen LogP contribution in [-0.4, -0.2) is 48.5 Å². The number of aromatic nitrogens is 1. The van der Waals surface area contributed by atoms with Gasteiger partial charge in [-0.1, -0.05) is 12.1 Å². The number of aryl methyl sites for hydroxylation is 1. The van der Waals surface area contributed by atoms with Crippen LogP contribution in [0.15, 0.2) is 35.4 Å². The van der Waals surface area contributed by atoms with E-state index >= 15 is 0 Å². The minimum absolute atomic E-state index is 0.102. The molecule has 7 nitrogen and oxygen atoms in total. The van der Waals surface area contributed by atoms with E-state index in [0.717, 1.165) is 10.9 Å². The summed E-state index contributed by atoms with van der Waals surface area (Å²) in [4.78, 5) is 16.5. The SMILES string of the molecule is Cc1cnc2c(S(=O)(=O)N3CCC(NC(=O)OC(C)(C)C)CC3)cccc2c1. The van der Waals surface area contributed by atoms with Crippen LogP contribution >= 0.6 is 0 Å². The molecule has 0 unspecified atom stereocenters. The lowest BCUT2D eigenvalue weighted by atomic mass is 10.1. The molecule has 0 bridgehead atoms. The summed E-state index contributed by atoms with van der Waals surface area (Å²) in [6.07, 6.45) is 2.28. The zero-order valence-corrected chi connectivity index (χ0v) is 17.5. The van der Waals surface area contributed by atoms with Crippen LogP contribution in [0.25, 0.3) is 10.9 Å². The van der Waals surface area contributed by atoms with Crippen LogP contribution in [0.3, 0.4) is 0 Å². The second-order valence-electron chi connectivity index (χ2n) is 8.17. The van der Waals surface area contributed by atoms with E-state index in [1.807, 2.05) is 39.8 Å². The number of hydrogen-bond donors (Lipinski definition) is 1. The number of para-hydroxylation sites is 1. The van der Waals surface area contributed by atoms with Gasteiger partial charge in [-0.25, -0.2) is 13.2 Å². The third kappa shape index (κ3) is 4.62. The summed E-state index contributed by atoms with van der Waals surface area (Å²) in [5, 5.41) is 3.64. The topological polar surface area (TPSA) is 88.6 Å². The molecule has 1 aliphatic heterocycles. The molecule has 1 fully saturated rings. The number of piperidine rings is 1. The highest BCUT2D eigenvalue weighted by molar-refractivity contribution is 7.89. The van der Waals surface area contributed by atoms with Crippen molar-refractivity contribution in [2.45, 2.75) is 57.1 Å². The van der Waals surface area contributed by atoms with E-state index < -0.39 is 21.7 Å². The lowest BCUT2D eigenvalue weighted by Crippen LogP contribution is -2.47. The Labute approximate surface area is 166 Å². The fourth-order valence-electron chi connectivity index (χ4n) is 3.30. The number of carbonyl (C=O) groups is 1. The van der Waals surface area contributed by atoms with E-state index in [-0.39, 0.29) is 10.9 Å². The number of carbonyl (C=O) groups excluding carboxylic acids is 1. The van der Waals surface area contributed by atoms with Gasteiger partial charge in [0.15, 0.2) is 0 Å². The smallest absolute Gasteiger partial charge is 0.407 e. The van der Waals surface area contributed by atoms with Crippen LogP contribution in [0.1, 0.15) is 39.2 Å². The molecule has 1 N–H and O–H groups in total. The molecular formula is C20H27N3O4S. The van der Waals surface area contributed by atoms with Gasteiger partial charge in [0.25, 0.3) is 0 Å². The summed E-state index contributed by atoms with van der Waals surface area (Å²) in [6.45, 7) is 8.02. The summed E-state index contributed by atoms with van der Waals surface area (Å²) in [5.41, 5.74) is 0.909. The molecule has 8 heteroatoms. The molecule has 1 aromatic carbocycles. The van der Waals surface area contributed by atoms with Crippen molar-refractivity contribution in [3.05, 3.63) is 36.0 Å². The standard InChI is InChI=1S/C20H27N3O4S/c1-14-12-15-6-5-7-17(18(15)21-13-14)28(25,26)23-10-8-16(9-11-23)22-19(24)27-20(2,3)4/h5-7,12-13,16H,8-11H2,1-4H3,(H,22,24). The number of benzene rings is 1. The Hall–Kier alpha value is -2.19. The molecule has 0 spiro atoms. The molecule has 152 valence electrons. The number of pyridine rings is 1. The Balaban J connectivity index is 1.71. The van der Waals surface area contributed by atoms with E-state index in [4.69, 9.17) is 4.74 Å². The van der Waals surface area contributed by atoms with Crippen molar-refractivity contribution in [2.24, 2.45) is 0 Å². The number of fused-ring (bicyclic) bond motifs is 1. The van der Waals surface area contributed by atoms with Crippen molar-refractivity contribution < 1.29 is 17.9 Å². The van der Waals surface area contributed by atoms with Gasteiger partial charge < -0.3 is 10.1 Å². The van der Waals surface area contributed by atoms with Crippen LogP contribution in [-0.2, 0) is 14.8 Å². The van der Waals surface area contributed by atoms with Crippen molar-refractivity contribution in [3.63, 3.8) is 0 Å². The third-order valence-electron chi connectivity index (χ3n) is 4.60. The van der Waals surface area contributed by atoms with Gasteiger partial charge in [0, 0.05) is 30.7 Å². The second-order valence-corrected chi connectivity index (χ2v) is 10.1. The number of rotatable bonds is 3. The summed E-state index contributed by atoms with van der Waals surface area (Å²) >= 11 is 0. The van der Waals surface area contributed by atoms with Crippen molar-refractivity contribution in [2.75, 3.05) is 13.1 Å². The van der Waals surface area contributed by atoms with Crippen LogP contribution in [0.2, 0.25) is 0 Å². The lowest BCUT2D eigenvalue weighted by molar-refractivity contribution is 0.0489. The highest BCUT2D eigenvalue weighted by Crippen LogP contribution is 2.27. The van der Waals surface area contributed by atoms with Crippen molar-refractivity contribution in [1.29, 1.82) is 0 Å². The summed E-state index contributed by atoms with van der Waals surface area (Å²) in [5.74, 6) is 0. The van der Waals surface area contributed by atoms with Gasteiger partial charge in [-0.3, -0.25) is 4.98 Å². The van der Waals surface area contributed by atoms with E-state index in [1.165, 1.54) is 4.31 Å². The van der Waals surface area contributed by atoms with Gasteiger partial charge in [-0.2, -0.15) is 4.31 Å². The largest absolute Gasteiger partial charge is 0.444 e. The quantitative estimate of drug-likeness (QED) is 0.847. The highest BCUT2D eigenvalue weighted by atomic mass is 32.2. The fourth-order valence-corrected chi connectivity index (χ4v) is 4.94. The van der Waals surface area contributed by atoms with Gasteiger partial charge in [0.2, 0.25) is 10.0 Å². The van der Waals surface area contributed by atoms with Gasteiger partial charge >= 0.3 is 6.09 Å². The molecule has 1 aromatic heterocycles. The zero-order chi connectivity index (χ0) is 20.5. The Kier molecular flexibility index (Phi) is 5.63. The van der Waals surface area contributed by atoms with Crippen molar-refractivity contribution in [3.8, 4) is 0 Å². The molecular weight excluding hydrogens is 378 g/mol. The summed E-state index contributed by atoms with van der Waals surface area (Å²) in [7, 11) is -3.66. The number of hydrogen-bond acceptors (Lipinski definition) is 5. The number of alkyl carbamates (subject to hydrolysis) is 1. The van der Waals surface area contributed by atoms with Gasteiger partial charge in [-0.05, 0) is 58.2 Å². The molecule has 0 saturated carbocycles. The number of nitrogens with zero attached hydrogens (tertiary/aromatic N) is 2. The Morgan fingerprint density at radius 1 is 1.25 bits per heavy atom. The molecule has 1 saturated heterocycles. The van der Waals surface area contributed by atoms with Gasteiger partial charge in [0.05, 0.1) is 5.52 Å². The Bertz CT molecular complexity index is 975. The number of amides is 1. The molecule has 28 heavy (non-hydrogen) atoms. The number of nitrogens with one attached hydrogen (secondary N) is 1. The first-order valence-corrected chi connectivity index (χ1v) is 10.9. The van der Waals surface area contributed by atoms with E-state index in [1.54, 1.807) is 18.3 Å². The van der Waals surface area contributed by atoms with Gasteiger partial charge in [0.1, 0.15) is 10.5 Å². The summed E-state index contributed by atoms with van der Waals surface area (Å²) in [6, 6.07) is 7.04. The van der Waals surface area contributed by atoms with E-state index in [2.05, 4.69) is 10.3 Å². The summed E-state index contributed by atoms with van der Waals surface area (Å²) < 4.78 is 33.1. The van der Waals surface area contributed by atoms with E-state index in [9.17, 15) is 13.2 Å². The maximum Gasteiger partial charge on any atom is 0.407 e. The minimum atomic E-state index is -3.66. The molecule has 1 aliphatic rings. The first-order valence-electron chi connectivity index (χ1n) is 9.41. The average molecular weight is 406 g/mol. The maximum absolute atomic E-state index is 13.2. The third-order valence-corrected chi connectivity index (χ3v) is 6.53. The van der Waals surface area contributed by atoms with Crippen LogP contribution < -0.4 is 5.32 Å². The molecule has 3 rings (SSSR count). The molecule has 0 radical (unpaired) electrons. The van der Waals surface area contributed by atoms with Crippen LogP contribution in [0.5, 0.6) is 0 Å². The molecule has 2 heterocycles. The molecule has 1 amide bonds. The number of sulfonamides is 1. The Morgan fingerprint density at radius 2 is 1.93 bits per heavy atom. The average Bonchev–Trinajstić information content (AvgIpc) is 2.59. The second kappa shape index (κ2) is 7.67. The lowest BCUT2D eigenvalue weighted by Gasteiger charge is -2.32. The van der Waals surface area contributed by atoms with Crippen molar-refractivity contribution in [1.82, 2.24) is 14.6 Å². The molecule has 2 aromatic rings. The molecule has 0 aliphatic carbocycles. The first-order chi connectivity index (χ1) is 13.1.